The Morgan fingerprint density at radius 3 is 2.81 bits per heavy atom. The molecule has 0 saturated carbocycles. The molecule has 7 heteroatoms. The largest absolute Gasteiger partial charge is 0.365 e. The zero-order valence-electron chi connectivity index (χ0n) is 14.0. The van der Waals surface area contributed by atoms with E-state index >= 15 is 0 Å². The fourth-order valence-corrected chi connectivity index (χ4v) is 3.69. The molecule has 0 aliphatic carbocycles. The Kier molecular flexibility index (Phi) is 4.38. The third kappa shape index (κ3) is 3.06. The van der Waals surface area contributed by atoms with E-state index in [-0.39, 0.29) is 42.3 Å². The number of hydrogen-bond donors (Lipinski definition) is 1. The number of amides is 2. The van der Waals surface area contributed by atoms with E-state index in [1.165, 1.54) is 18.3 Å². The molecule has 2 fully saturated rings. The second-order valence-electron chi connectivity index (χ2n) is 6.50. The summed E-state index contributed by atoms with van der Waals surface area (Å²) in [5, 5.41) is 2.80. The molecule has 3 heterocycles. The summed E-state index contributed by atoms with van der Waals surface area (Å²) in [7, 11) is 0. The molecule has 6 nitrogen and oxygen atoms in total. The number of likely N-dealkylation sites (tertiary alicyclic amines) is 1. The van der Waals surface area contributed by atoms with Gasteiger partial charge in [-0.05, 0) is 29.8 Å². The Hall–Kier alpha value is -2.80. The monoisotopic (exact) mass is 355 g/mol. The van der Waals surface area contributed by atoms with E-state index < -0.39 is 0 Å². The Bertz CT molecular complexity index is 813. The molecule has 2 aliphatic heterocycles. The van der Waals surface area contributed by atoms with Gasteiger partial charge in [-0.1, -0.05) is 12.1 Å². The van der Waals surface area contributed by atoms with Gasteiger partial charge in [0.05, 0.1) is 17.7 Å². The van der Waals surface area contributed by atoms with Crippen molar-refractivity contribution in [3.63, 3.8) is 0 Å². The highest BCUT2D eigenvalue weighted by atomic mass is 19.1. The Balaban J connectivity index is 1.67. The van der Waals surface area contributed by atoms with Gasteiger partial charge in [-0.25, -0.2) is 4.39 Å². The number of hydrogen-bond acceptors (Lipinski definition) is 4. The van der Waals surface area contributed by atoms with E-state index in [1.807, 2.05) is 0 Å². The Morgan fingerprint density at radius 1 is 1.27 bits per heavy atom. The maximum absolute atomic E-state index is 13.3. The summed E-state index contributed by atoms with van der Waals surface area (Å²) in [6.07, 6.45) is 2.80. The number of ether oxygens (including phenoxy) is 1. The van der Waals surface area contributed by atoms with Crippen LogP contribution in [0.15, 0.2) is 48.8 Å². The number of pyridine rings is 1. The van der Waals surface area contributed by atoms with Crippen molar-refractivity contribution in [2.45, 2.75) is 18.1 Å². The van der Waals surface area contributed by atoms with Crippen LogP contribution in [0.25, 0.3) is 0 Å². The van der Waals surface area contributed by atoms with Crippen molar-refractivity contribution in [3.05, 3.63) is 65.7 Å². The van der Waals surface area contributed by atoms with E-state index in [1.54, 1.807) is 35.4 Å². The average molecular weight is 355 g/mol. The number of benzene rings is 1. The van der Waals surface area contributed by atoms with Gasteiger partial charge in [0.1, 0.15) is 12.4 Å². The second-order valence-corrected chi connectivity index (χ2v) is 6.50. The molecule has 2 aromatic rings. The molecule has 2 saturated heterocycles. The van der Waals surface area contributed by atoms with Crippen molar-refractivity contribution < 1.29 is 18.7 Å². The minimum absolute atomic E-state index is 0.0478. The van der Waals surface area contributed by atoms with Gasteiger partial charge in [-0.15, -0.1) is 0 Å². The molecule has 2 amide bonds. The molecule has 0 unspecified atom stereocenters. The maximum Gasteiger partial charge on any atom is 0.255 e. The molecule has 0 bridgehead atoms. The van der Waals surface area contributed by atoms with Crippen LogP contribution in [0.4, 0.5) is 4.39 Å². The third-order valence-corrected chi connectivity index (χ3v) is 4.95. The predicted octanol–water partition coefficient (Wildman–Crippen LogP) is 1.34. The average Bonchev–Trinajstić information content (AvgIpc) is 2.92. The van der Waals surface area contributed by atoms with Gasteiger partial charge in [-0.3, -0.25) is 14.6 Å². The lowest BCUT2D eigenvalue weighted by Gasteiger charge is -2.26. The highest BCUT2D eigenvalue weighted by Crippen LogP contribution is 2.36. The first-order valence-electron chi connectivity index (χ1n) is 8.48. The lowest BCUT2D eigenvalue weighted by atomic mass is 9.93. The smallest absolute Gasteiger partial charge is 0.255 e. The molecule has 134 valence electrons. The summed E-state index contributed by atoms with van der Waals surface area (Å²) in [4.78, 5) is 30.5. The fourth-order valence-electron chi connectivity index (χ4n) is 3.69. The van der Waals surface area contributed by atoms with Crippen LogP contribution < -0.4 is 5.32 Å². The maximum atomic E-state index is 13.3. The van der Waals surface area contributed by atoms with Crippen LogP contribution in [0.1, 0.15) is 21.8 Å². The standard InChI is InChI=1S/C19H18FN3O3/c20-14-5-3-12(4-6-14)15-10-23(19(25)13-2-1-7-21-8-13)16-9-22-17(24)11-26-18(15)16/h1-8,15-16,18H,9-11H2,(H,22,24)/t15-,16-,18-/m1/s1. The highest BCUT2D eigenvalue weighted by Gasteiger charge is 2.46. The Labute approximate surface area is 150 Å². The van der Waals surface area contributed by atoms with Gasteiger partial charge in [0.25, 0.3) is 5.91 Å². The molecule has 2 aliphatic rings. The SMILES string of the molecule is O=C1CO[C@@H]2[C@@H](c3ccc(F)cc3)CN(C(=O)c3cccnc3)[C@@H]2CN1. The van der Waals surface area contributed by atoms with Gasteiger partial charge >= 0.3 is 0 Å². The third-order valence-electron chi connectivity index (χ3n) is 4.95. The molecule has 26 heavy (non-hydrogen) atoms. The minimum atomic E-state index is -0.333. The lowest BCUT2D eigenvalue weighted by Crippen LogP contribution is -2.45. The number of halogens is 1. The summed E-state index contributed by atoms with van der Waals surface area (Å²) in [6, 6.07) is 9.35. The number of fused-ring (bicyclic) bond motifs is 1. The number of nitrogens with zero attached hydrogens (tertiary/aromatic N) is 2. The van der Waals surface area contributed by atoms with Gasteiger partial charge in [-0.2, -0.15) is 0 Å². The van der Waals surface area contributed by atoms with Crippen molar-refractivity contribution >= 4 is 11.8 Å². The summed E-state index contributed by atoms with van der Waals surface area (Å²) in [5.74, 6) is -0.803. The predicted molar refractivity (Wildman–Crippen MR) is 91.0 cm³/mol. The summed E-state index contributed by atoms with van der Waals surface area (Å²) in [5.41, 5.74) is 1.37. The van der Waals surface area contributed by atoms with Gasteiger partial charge < -0.3 is 15.0 Å². The number of aromatic nitrogens is 1. The first-order chi connectivity index (χ1) is 12.6. The molecular formula is C19H18FN3O3. The fraction of sp³-hybridized carbons (Fsp3) is 0.316. The van der Waals surface area contributed by atoms with Crippen molar-refractivity contribution in [2.24, 2.45) is 0 Å². The van der Waals surface area contributed by atoms with E-state index in [9.17, 15) is 14.0 Å². The molecule has 0 spiro atoms. The first kappa shape index (κ1) is 16.7. The number of carbonyl (C=O) groups is 2. The highest BCUT2D eigenvalue weighted by molar-refractivity contribution is 5.94. The molecule has 1 aromatic carbocycles. The lowest BCUT2D eigenvalue weighted by molar-refractivity contribution is -0.125. The van der Waals surface area contributed by atoms with E-state index in [2.05, 4.69) is 10.3 Å². The molecular weight excluding hydrogens is 337 g/mol. The topological polar surface area (TPSA) is 71.5 Å². The summed E-state index contributed by atoms with van der Waals surface area (Å²) < 4.78 is 19.1. The van der Waals surface area contributed by atoms with Gasteiger partial charge in [0.15, 0.2) is 0 Å². The van der Waals surface area contributed by atoms with Crippen LogP contribution in [0.2, 0.25) is 0 Å². The Morgan fingerprint density at radius 2 is 2.08 bits per heavy atom. The molecule has 4 rings (SSSR count). The zero-order chi connectivity index (χ0) is 18.1. The molecule has 0 radical (unpaired) electrons. The second kappa shape index (κ2) is 6.84. The van der Waals surface area contributed by atoms with Crippen LogP contribution in [-0.2, 0) is 9.53 Å². The van der Waals surface area contributed by atoms with Crippen molar-refractivity contribution in [3.8, 4) is 0 Å². The van der Waals surface area contributed by atoms with E-state index in [0.717, 1.165) is 5.56 Å². The zero-order valence-corrected chi connectivity index (χ0v) is 14.0. The van der Waals surface area contributed by atoms with E-state index in [0.29, 0.717) is 18.7 Å². The number of carbonyl (C=O) groups excluding carboxylic acids is 2. The van der Waals surface area contributed by atoms with Crippen LogP contribution in [-0.4, -0.2) is 53.5 Å². The molecule has 3 atom stereocenters. The van der Waals surface area contributed by atoms with Crippen molar-refractivity contribution in [1.29, 1.82) is 0 Å². The van der Waals surface area contributed by atoms with Crippen molar-refractivity contribution in [1.82, 2.24) is 15.2 Å². The van der Waals surface area contributed by atoms with Crippen LogP contribution in [0.5, 0.6) is 0 Å². The van der Waals surface area contributed by atoms with Crippen molar-refractivity contribution in [2.75, 3.05) is 19.7 Å². The normalized spacial score (nSPS) is 25.3. The van der Waals surface area contributed by atoms with Crippen LogP contribution in [0.3, 0.4) is 0 Å². The van der Waals surface area contributed by atoms with E-state index in [4.69, 9.17) is 4.74 Å². The number of nitrogens with one attached hydrogen (secondary N) is 1. The molecule has 1 aromatic heterocycles. The number of rotatable bonds is 2. The van der Waals surface area contributed by atoms with Crippen LogP contribution in [0, 0.1) is 5.82 Å². The quantitative estimate of drug-likeness (QED) is 0.883. The van der Waals surface area contributed by atoms with Gasteiger partial charge in [0, 0.05) is 31.4 Å². The van der Waals surface area contributed by atoms with Gasteiger partial charge in [0.2, 0.25) is 5.91 Å². The minimum Gasteiger partial charge on any atom is -0.365 e. The first-order valence-corrected chi connectivity index (χ1v) is 8.48. The van der Waals surface area contributed by atoms with Crippen LogP contribution >= 0.6 is 0 Å². The summed E-state index contributed by atoms with van der Waals surface area (Å²) >= 11 is 0. The summed E-state index contributed by atoms with van der Waals surface area (Å²) in [6.45, 7) is 0.714. The molecule has 1 N–H and O–H groups in total.